The molecule has 3 aromatic rings. The molecule has 0 amide bonds. The van der Waals surface area contributed by atoms with E-state index in [1.807, 2.05) is 4.57 Å². The van der Waals surface area contributed by atoms with E-state index in [-0.39, 0.29) is 0 Å². The van der Waals surface area contributed by atoms with E-state index in [0.29, 0.717) is 28.1 Å². The highest BCUT2D eigenvalue weighted by molar-refractivity contribution is 6.30. The van der Waals surface area contributed by atoms with Crippen molar-refractivity contribution in [2.75, 3.05) is 5.32 Å². The molecule has 106 valence electrons. The molecule has 0 aliphatic heterocycles. The van der Waals surface area contributed by atoms with Gasteiger partial charge in [-0.3, -0.25) is 0 Å². The first kappa shape index (κ1) is 12.5. The third-order valence-corrected chi connectivity index (χ3v) is 3.72. The number of aromatic nitrogens is 4. The Bertz CT molecular complexity index is 827. The normalized spacial score (nSPS) is 14.6. The molecule has 2 aromatic heterocycles. The predicted octanol–water partition coefficient (Wildman–Crippen LogP) is 3.70. The van der Waals surface area contributed by atoms with Crippen molar-refractivity contribution >= 4 is 34.3 Å². The Kier molecular flexibility index (Phi) is 2.78. The molecule has 7 heteroatoms. The van der Waals surface area contributed by atoms with Crippen molar-refractivity contribution in [1.29, 1.82) is 0 Å². The van der Waals surface area contributed by atoms with Gasteiger partial charge >= 0.3 is 0 Å². The van der Waals surface area contributed by atoms with Crippen molar-refractivity contribution in [3.8, 4) is 0 Å². The van der Waals surface area contributed by atoms with Crippen molar-refractivity contribution in [3.63, 3.8) is 0 Å². The summed E-state index contributed by atoms with van der Waals surface area (Å²) in [6.45, 7) is 0. The number of hydrogen-bond donors (Lipinski definition) is 1. The van der Waals surface area contributed by atoms with Gasteiger partial charge < -0.3 is 9.88 Å². The lowest BCUT2D eigenvalue weighted by Gasteiger charge is -2.07. The van der Waals surface area contributed by atoms with Crippen LogP contribution in [-0.2, 0) is 0 Å². The molecule has 1 aliphatic carbocycles. The number of benzene rings is 1. The number of halogens is 2. The van der Waals surface area contributed by atoms with E-state index < -0.39 is 5.82 Å². The molecule has 0 bridgehead atoms. The SMILES string of the molecule is Fc1cc(Cl)ccc1Nc1ncnc2c1ncn2C1CC1. The Morgan fingerprint density at radius 3 is 2.86 bits per heavy atom. The molecule has 0 unspecified atom stereocenters. The van der Waals surface area contributed by atoms with Gasteiger partial charge in [0.1, 0.15) is 12.1 Å². The molecule has 4 rings (SSSR count). The molecule has 0 saturated heterocycles. The number of fused-ring (bicyclic) bond motifs is 1. The second kappa shape index (κ2) is 4.66. The van der Waals surface area contributed by atoms with Crippen molar-refractivity contribution < 1.29 is 4.39 Å². The molecule has 0 radical (unpaired) electrons. The average molecular weight is 304 g/mol. The molecule has 1 saturated carbocycles. The summed E-state index contributed by atoms with van der Waals surface area (Å²) in [6, 6.07) is 4.92. The maximum atomic E-state index is 13.9. The number of imidazole rings is 1. The highest BCUT2D eigenvalue weighted by Gasteiger charge is 2.26. The summed E-state index contributed by atoms with van der Waals surface area (Å²) in [6.07, 6.45) is 5.51. The quantitative estimate of drug-likeness (QED) is 0.801. The largest absolute Gasteiger partial charge is 0.336 e. The van der Waals surface area contributed by atoms with E-state index in [1.165, 1.54) is 12.4 Å². The van der Waals surface area contributed by atoms with Crippen LogP contribution in [-0.4, -0.2) is 19.5 Å². The fourth-order valence-electron chi connectivity index (χ4n) is 2.28. The summed E-state index contributed by atoms with van der Waals surface area (Å²) in [5, 5.41) is 3.31. The van der Waals surface area contributed by atoms with Gasteiger partial charge in [0, 0.05) is 11.1 Å². The topological polar surface area (TPSA) is 55.6 Å². The highest BCUT2D eigenvalue weighted by Crippen LogP contribution is 2.37. The Hall–Kier alpha value is -2.21. The van der Waals surface area contributed by atoms with Crippen LogP contribution in [0.2, 0.25) is 5.02 Å². The number of rotatable bonds is 3. The molecule has 1 aromatic carbocycles. The number of anilines is 2. The molecular formula is C14H11ClFN5. The monoisotopic (exact) mass is 303 g/mol. The lowest BCUT2D eigenvalue weighted by Crippen LogP contribution is -1.99. The van der Waals surface area contributed by atoms with Crippen LogP contribution in [0.4, 0.5) is 15.9 Å². The van der Waals surface area contributed by atoms with E-state index in [4.69, 9.17) is 11.6 Å². The van der Waals surface area contributed by atoms with E-state index in [1.54, 1.807) is 18.5 Å². The smallest absolute Gasteiger partial charge is 0.165 e. The van der Waals surface area contributed by atoms with Gasteiger partial charge in [-0.25, -0.2) is 19.3 Å². The Labute approximate surface area is 124 Å². The zero-order chi connectivity index (χ0) is 14.4. The van der Waals surface area contributed by atoms with Crippen LogP contribution in [0, 0.1) is 5.82 Å². The first-order chi connectivity index (χ1) is 10.2. The van der Waals surface area contributed by atoms with Crippen LogP contribution in [0.3, 0.4) is 0 Å². The minimum atomic E-state index is -0.434. The Balaban J connectivity index is 1.76. The van der Waals surface area contributed by atoms with Crippen molar-refractivity contribution in [2.24, 2.45) is 0 Å². The van der Waals surface area contributed by atoms with Crippen LogP contribution in [0.5, 0.6) is 0 Å². The van der Waals surface area contributed by atoms with Crippen LogP contribution < -0.4 is 5.32 Å². The summed E-state index contributed by atoms with van der Waals surface area (Å²) in [7, 11) is 0. The van der Waals surface area contributed by atoms with Crippen LogP contribution in [0.15, 0.2) is 30.9 Å². The van der Waals surface area contributed by atoms with Crippen molar-refractivity contribution in [3.05, 3.63) is 41.7 Å². The minimum absolute atomic E-state index is 0.306. The Morgan fingerprint density at radius 1 is 1.24 bits per heavy atom. The summed E-state index contributed by atoms with van der Waals surface area (Å²) in [4.78, 5) is 12.8. The van der Waals surface area contributed by atoms with E-state index >= 15 is 0 Å². The van der Waals surface area contributed by atoms with Crippen LogP contribution in [0.25, 0.3) is 11.2 Å². The first-order valence-corrected chi connectivity index (χ1v) is 7.00. The predicted molar refractivity (Wildman–Crippen MR) is 78.3 cm³/mol. The van der Waals surface area contributed by atoms with Gasteiger partial charge in [0.05, 0.1) is 12.0 Å². The molecule has 5 nitrogen and oxygen atoms in total. The third kappa shape index (κ3) is 2.21. The molecule has 1 fully saturated rings. The summed E-state index contributed by atoms with van der Waals surface area (Å²) in [5.74, 6) is 0.0523. The molecule has 1 N–H and O–H groups in total. The van der Waals surface area contributed by atoms with Gasteiger partial charge in [-0.1, -0.05) is 11.6 Å². The zero-order valence-electron chi connectivity index (χ0n) is 10.9. The maximum Gasteiger partial charge on any atom is 0.165 e. The number of nitrogens with zero attached hydrogens (tertiary/aromatic N) is 4. The molecular weight excluding hydrogens is 293 g/mol. The summed E-state index contributed by atoms with van der Waals surface area (Å²) in [5.41, 5.74) is 1.71. The van der Waals surface area contributed by atoms with E-state index in [0.717, 1.165) is 18.5 Å². The van der Waals surface area contributed by atoms with Gasteiger partial charge in [0.15, 0.2) is 17.0 Å². The van der Waals surface area contributed by atoms with Crippen molar-refractivity contribution in [2.45, 2.75) is 18.9 Å². The van der Waals surface area contributed by atoms with Gasteiger partial charge in [-0.05, 0) is 31.0 Å². The van der Waals surface area contributed by atoms with Gasteiger partial charge in [-0.15, -0.1) is 0 Å². The fourth-order valence-corrected chi connectivity index (χ4v) is 2.44. The molecule has 21 heavy (non-hydrogen) atoms. The van der Waals surface area contributed by atoms with Crippen LogP contribution >= 0.6 is 11.6 Å². The zero-order valence-corrected chi connectivity index (χ0v) is 11.7. The standard InChI is InChI=1S/C14H11ClFN5/c15-8-1-4-11(10(16)5-8)20-13-12-14(18-6-17-13)21(7-19-12)9-2-3-9/h1,4-7,9H,2-3H2,(H,17,18,20). The summed E-state index contributed by atoms with van der Waals surface area (Å²) >= 11 is 5.75. The lowest BCUT2D eigenvalue weighted by atomic mass is 10.3. The molecule has 1 aliphatic rings. The molecule has 0 spiro atoms. The average Bonchev–Trinajstić information content (AvgIpc) is 3.22. The molecule has 0 atom stereocenters. The molecule has 2 heterocycles. The third-order valence-electron chi connectivity index (χ3n) is 3.48. The number of hydrogen-bond acceptors (Lipinski definition) is 4. The first-order valence-electron chi connectivity index (χ1n) is 6.62. The van der Waals surface area contributed by atoms with Gasteiger partial charge in [0.2, 0.25) is 0 Å². The van der Waals surface area contributed by atoms with Gasteiger partial charge in [0.25, 0.3) is 0 Å². The maximum absolute atomic E-state index is 13.9. The second-order valence-electron chi connectivity index (χ2n) is 5.03. The number of nitrogens with one attached hydrogen (secondary N) is 1. The van der Waals surface area contributed by atoms with Gasteiger partial charge in [-0.2, -0.15) is 0 Å². The van der Waals surface area contributed by atoms with Crippen LogP contribution in [0.1, 0.15) is 18.9 Å². The van der Waals surface area contributed by atoms with Crippen molar-refractivity contribution in [1.82, 2.24) is 19.5 Å². The summed E-state index contributed by atoms with van der Waals surface area (Å²) < 4.78 is 15.9. The minimum Gasteiger partial charge on any atom is -0.336 e. The lowest BCUT2D eigenvalue weighted by molar-refractivity contribution is 0.632. The van der Waals surface area contributed by atoms with E-state index in [2.05, 4.69) is 20.3 Å². The van der Waals surface area contributed by atoms with E-state index in [9.17, 15) is 4.39 Å². The second-order valence-corrected chi connectivity index (χ2v) is 5.46. The Morgan fingerprint density at radius 2 is 2.10 bits per heavy atom. The fraction of sp³-hybridized carbons (Fsp3) is 0.214. The highest BCUT2D eigenvalue weighted by atomic mass is 35.5.